The molecule has 0 aromatic heterocycles. The lowest BCUT2D eigenvalue weighted by Gasteiger charge is -2.44. The second kappa shape index (κ2) is 7.61. The van der Waals surface area contributed by atoms with Crippen LogP contribution >= 0.6 is 11.6 Å². The Morgan fingerprint density at radius 3 is 2.31 bits per heavy atom. The zero-order valence-corrected chi connectivity index (χ0v) is 17.2. The molecule has 2 aromatic carbocycles. The molecule has 6 heteroatoms. The van der Waals surface area contributed by atoms with Gasteiger partial charge in [0.2, 0.25) is 0 Å². The minimum atomic E-state index is -0.892. The summed E-state index contributed by atoms with van der Waals surface area (Å²) < 4.78 is 0. The molecule has 150 valence electrons. The van der Waals surface area contributed by atoms with Crippen molar-refractivity contribution in [2.24, 2.45) is 5.41 Å². The van der Waals surface area contributed by atoms with Gasteiger partial charge < -0.3 is 14.9 Å². The first kappa shape index (κ1) is 19.6. The molecule has 0 bridgehead atoms. The number of aromatic carboxylic acids is 1. The first-order valence-electron chi connectivity index (χ1n) is 9.98. The van der Waals surface area contributed by atoms with Crippen LogP contribution in [0.25, 0.3) is 0 Å². The summed E-state index contributed by atoms with van der Waals surface area (Å²) in [5.41, 5.74) is 3.29. The van der Waals surface area contributed by atoms with Gasteiger partial charge >= 0.3 is 5.97 Å². The molecular weight excluding hydrogens is 386 g/mol. The Hall–Kier alpha value is -2.71. The van der Waals surface area contributed by atoms with Crippen molar-refractivity contribution in [1.82, 2.24) is 0 Å². The number of benzene rings is 2. The summed E-state index contributed by atoms with van der Waals surface area (Å²) in [6, 6.07) is 15.4. The Morgan fingerprint density at radius 2 is 1.72 bits per heavy atom. The summed E-state index contributed by atoms with van der Waals surface area (Å²) >= 11 is 6.26. The average Bonchev–Trinajstić information content (AvgIpc) is 3.04. The van der Waals surface area contributed by atoms with Gasteiger partial charge in [0.1, 0.15) is 6.07 Å². The molecule has 1 spiro atoms. The molecular formula is C23H24ClN3O2. The predicted octanol–water partition coefficient (Wildman–Crippen LogP) is 4.80. The van der Waals surface area contributed by atoms with E-state index in [-0.39, 0.29) is 5.41 Å². The molecule has 2 aromatic rings. The molecule has 29 heavy (non-hydrogen) atoms. The number of nitrogens with zero attached hydrogens (tertiary/aromatic N) is 3. The Bertz CT molecular complexity index is 959. The maximum Gasteiger partial charge on any atom is 0.335 e. The summed E-state index contributed by atoms with van der Waals surface area (Å²) in [6.45, 7) is 5.24. The van der Waals surface area contributed by atoms with Crippen molar-refractivity contribution in [1.29, 1.82) is 5.26 Å². The summed E-state index contributed by atoms with van der Waals surface area (Å²) in [6.07, 6.45) is 3.36. The molecule has 1 N–H and O–H groups in total. The van der Waals surface area contributed by atoms with E-state index in [4.69, 9.17) is 22.0 Å². The summed E-state index contributed by atoms with van der Waals surface area (Å²) in [7, 11) is 0. The lowest BCUT2D eigenvalue weighted by atomic mass is 9.73. The number of carboxylic acids is 1. The van der Waals surface area contributed by atoms with E-state index in [2.05, 4.69) is 22.8 Å². The minimum Gasteiger partial charge on any atom is -0.478 e. The number of halogens is 1. The van der Waals surface area contributed by atoms with Crippen molar-refractivity contribution in [3.8, 4) is 6.07 Å². The van der Waals surface area contributed by atoms with Crippen LogP contribution in [0.2, 0.25) is 5.02 Å². The topological polar surface area (TPSA) is 67.6 Å². The van der Waals surface area contributed by atoms with E-state index >= 15 is 0 Å². The van der Waals surface area contributed by atoms with Crippen LogP contribution < -0.4 is 9.80 Å². The smallest absolute Gasteiger partial charge is 0.335 e. The van der Waals surface area contributed by atoms with Gasteiger partial charge in [0.15, 0.2) is 0 Å². The van der Waals surface area contributed by atoms with Gasteiger partial charge in [-0.2, -0.15) is 5.26 Å². The molecule has 2 heterocycles. The third kappa shape index (κ3) is 3.54. The van der Waals surface area contributed by atoms with Gasteiger partial charge in [-0.1, -0.05) is 11.6 Å². The van der Waals surface area contributed by atoms with E-state index < -0.39 is 5.97 Å². The normalized spacial score (nSPS) is 20.7. The largest absolute Gasteiger partial charge is 0.478 e. The van der Waals surface area contributed by atoms with Gasteiger partial charge in [0.25, 0.3) is 0 Å². The van der Waals surface area contributed by atoms with Crippen molar-refractivity contribution >= 4 is 28.9 Å². The molecule has 1 unspecified atom stereocenters. The first-order chi connectivity index (χ1) is 13.9. The zero-order chi connectivity index (χ0) is 20.6. The number of nitriles is 1. The van der Waals surface area contributed by atoms with Crippen molar-refractivity contribution in [3.63, 3.8) is 0 Å². The Kier molecular flexibility index (Phi) is 5.14. The highest BCUT2D eigenvalue weighted by atomic mass is 35.5. The molecule has 2 aliphatic heterocycles. The van der Waals surface area contributed by atoms with Gasteiger partial charge in [-0.05, 0) is 74.1 Å². The maximum absolute atomic E-state index is 11.1. The van der Waals surface area contributed by atoms with Crippen LogP contribution in [-0.2, 0) is 0 Å². The molecule has 0 amide bonds. The SMILES string of the molecule is CC1N(c2ccc(C#N)c(Cl)c2)CCC12CCN(c1ccc(C(=O)O)cc1)CC2. The maximum atomic E-state index is 11.1. The molecule has 4 rings (SSSR count). The Balaban J connectivity index is 1.45. The van der Waals surface area contributed by atoms with Gasteiger partial charge in [0, 0.05) is 37.1 Å². The number of hydrogen-bond donors (Lipinski definition) is 1. The van der Waals surface area contributed by atoms with Gasteiger partial charge in [-0.3, -0.25) is 0 Å². The molecule has 0 saturated carbocycles. The van der Waals surface area contributed by atoms with Crippen LogP contribution in [0.5, 0.6) is 0 Å². The lowest BCUT2D eigenvalue weighted by Crippen LogP contribution is -2.46. The Labute approximate surface area is 176 Å². The third-order valence-electron chi connectivity index (χ3n) is 6.85. The van der Waals surface area contributed by atoms with Gasteiger partial charge in [0.05, 0.1) is 16.1 Å². The van der Waals surface area contributed by atoms with Crippen LogP contribution in [0.3, 0.4) is 0 Å². The van der Waals surface area contributed by atoms with E-state index in [0.29, 0.717) is 22.2 Å². The molecule has 0 aliphatic carbocycles. The minimum absolute atomic E-state index is 0.276. The van der Waals surface area contributed by atoms with Crippen LogP contribution in [0.1, 0.15) is 42.1 Å². The molecule has 2 fully saturated rings. The quantitative estimate of drug-likeness (QED) is 0.788. The summed E-state index contributed by atoms with van der Waals surface area (Å²) in [5.74, 6) is -0.892. The number of piperidine rings is 1. The summed E-state index contributed by atoms with van der Waals surface area (Å²) in [4.78, 5) is 15.8. The fourth-order valence-electron chi connectivity index (χ4n) is 4.90. The number of rotatable bonds is 3. The van der Waals surface area contributed by atoms with Gasteiger partial charge in [-0.15, -0.1) is 0 Å². The van der Waals surface area contributed by atoms with Crippen molar-refractivity contribution < 1.29 is 9.90 Å². The van der Waals surface area contributed by atoms with Crippen molar-refractivity contribution in [2.45, 2.75) is 32.2 Å². The Morgan fingerprint density at radius 1 is 1.10 bits per heavy atom. The molecule has 0 radical (unpaired) electrons. The van der Waals surface area contributed by atoms with Crippen molar-refractivity contribution in [2.75, 3.05) is 29.4 Å². The van der Waals surface area contributed by atoms with Crippen LogP contribution in [0.4, 0.5) is 11.4 Å². The third-order valence-corrected chi connectivity index (χ3v) is 7.16. The fraction of sp³-hybridized carbons (Fsp3) is 0.391. The van der Waals surface area contributed by atoms with Crippen molar-refractivity contribution in [3.05, 3.63) is 58.6 Å². The van der Waals surface area contributed by atoms with E-state index in [1.165, 1.54) is 0 Å². The van der Waals surface area contributed by atoms with E-state index in [9.17, 15) is 4.79 Å². The highest BCUT2D eigenvalue weighted by Crippen LogP contribution is 2.47. The number of carboxylic acid groups (broad SMARTS) is 1. The summed E-state index contributed by atoms with van der Waals surface area (Å²) in [5, 5.41) is 18.7. The molecule has 1 atom stereocenters. The zero-order valence-electron chi connectivity index (χ0n) is 16.4. The van der Waals surface area contributed by atoms with E-state index in [1.807, 2.05) is 24.3 Å². The van der Waals surface area contributed by atoms with Crippen LogP contribution in [0.15, 0.2) is 42.5 Å². The van der Waals surface area contributed by atoms with Crippen LogP contribution in [-0.4, -0.2) is 36.8 Å². The molecule has 2 aliphatic rings. The standard InChI is InChI=1S/C23H24ClN3O2/c1-16-23(10-13-27(16)20-7-4-18(15-25)21(24)14-20)8-11-26(12-9-23)19-5-2-17(3-6-19)22(28)29/h2-7,14,16H,8-13H2,1H3,(H,28,29). The second-order valence-corrected chi connectivity index (χ2v) is 8.50. The fourth-order valence-corrected chi connectivity index (χ4v) is 5.11. The second-order valence-electron chi connectivity index (χ2n) is 8.10. The lowest BCUT2D eigenvalue weighted by molar-refractivity contribution is 0.0697. The molecule has 5 nitrogen and oxygen atoms in total. The number of hydrogen-bond acceptors (Lipinski definition) is 4. The van der Waals surface area contributed by atoms with Gasteiger partial charge in [-0.25, -0.2) is 4.79 Å². The first-order valence-corrected chi connectivity index (χ1v) is 10.4. The molecule has 2 saturated heterocycles. The van der Waals surface area contributed by atoms with Crippen LogP contribution in [0, 0.1) is 16.7 Å². The average molecular weight is 410 g/mol. The monoisotopic (exact) mass is 409 g/mol. The number of anilines is 2. The highest BCUT2D eigenvalue weighted by Gasteiger charge is 2.46. The highest BCUT2D eigenvalue weighted by molar-refractivity contribution is 6.32. The van der Waals surface area contributed by atoms with E-state index in [1.54, 1.807) is 18.2 Å². The predicted molar refractivity (Wildman–Crippen MR) is 115 cm³/mol. The van der Waals surface area contributed by atoms with E-state index in [0.717, 1.165) is 50.3 Å². The number of carbonyl (C=O) groups is 1.